The fraction of sp³-hybridized carbons (Fsp3) is 0.900. The van der Waals surface area contributed by atoms with Gasteiger partial charge in [0.05, 0.1) is 6.61 Å². The van der Waals surface area contributed by atoms with Crippen molar-refractivity contribution in [1.29, 1.82) is 0 Å². The first kappa shape index (κ1) is 25.8. The van der Waals surface area contributed by atoms with Gasteiger partial charge in [-0.15, -0.1) is 0 Å². The molecule has 1 aliphatic heterocycles. The normalized spacial score (nSPS) is 26.9. The molecule has 5 atom stereocenters. The van der Waals surface area contributed by atoms with Gasteiger partial charge in [-0.25, -0.2) is 0 Å². The Morgan fingerprint density at radius 2 is 1.76 bits per heavy atom. The zero-order valence-electron chi connectivity index (χ0n) is 17.6. The monoisotopic (exact) mass is 418 g/mol. The van der Waals surface area contributed by atoms with Crippen molar-refractivity contribution in [3.8, 4) is 0 Å². The van der Waals surface area contributed by atoms with Crippen LogP contribution in [0.2, 0.25) is 0 Å². The molecule has 1 heterocycles. The summed E-state index contributed by atoms with van der Waals surface area (Å²) in [6.45, 7) is 3.94. The molecule has 0 aliphatic carbocycles. The molecule has 1 fully saturated rings. The number of carbonyl (C=O) groups excluding carboxylic acids is 2. The van der Waals surface area contributed by atoms with Crippen LogP contribution in [0.5, 0.6) is 0 Å². The summed E-state index contributed by atoms with van der Waals surface area (Å²) in [4.78, 5) is 23.2. The second kappa shape index (κ2) is 14.7. The van der Waals surface area contributed by atoms with Crippen molar-refractivity contribution in [2.45, 2.75) is 95.9 Å². The SMILES string of the molecule is CCCCCCCNC(=O)CCCCOC1O[C@H](CO)C(O)C(O)C1NC(C)=O. The molecule has 29 heavy (non-hydrogen) atoms. The van der Waals surface area contributed by atoms with Gasteiger partial charge in [0.15, 0.2) is 6.29 Å². The summed E-state index contributed by atoms with van der Waals surface area (Å²) in [6, 6.07) is -0.943. The number of hydrogen-bond acceptors (Lipinski definition) is 7. The van der Waals surface area contributed by atoms with E-state index in [1.807, 2.05) is 0 Å². The van der Waals surface area contributed by atoms with E-state index in [0.717, 1.165) is 12.8 Å². The largest absolute Gasteiger partial charge is 0.394 e. The first-order chi connectivity index (χ1) is 13.9. The molecule has 9 nitrogen and oxygen atoms in total. The van der Waals surface area contributed by atoms with Crippen LogP contribution in [0.3, 0.4) is 0 Å². The second-order valence-corrected chi connectivity index (χ2v) is 7.53. The van der Waals surface area contributed by atoms with Crippen molar-refractivity contribution in [3.05, 3.63) is 0 Å². The summed E-state index contributed by atoms with van der Waals surface area (Å²) in [6.07, 6.45) is 2.76. The lowest BCUT2D eigenvalue weighted by atomic mass is 9.97. The Morgan fingerprint density at radius 3 is 2.41 bits per heavy atom. The number of unbranched alkanes of at least 4 members (excludes halogenated alkanes) is 5. The minimum Gasteiger partial charge on any atom is -0.394 e. The zero-order chi connectivity index (χ0) is 21.6. The topological polar surface area (TPSA) is 137 Å². The third-order valence-electron chi connectivity index (χ3n) is 4.93. The van der Waals surface area contributed by atoms with Gasteiger partial charge >= 0.3 is 0 Å². The maximum atomic E-state index is 11.8. The molecule has 4 unspecified atom stereocenters. The smallest absolute Gasteiger partial charge is 0.219 e. The summed E-state index contributed by atoms with van der Waals surface area (Å²) in [5.74, 6) is -0.378. The number of aliphatic hydroxyl groups is 3. The van der Waals surface area contributed by atoms with E-state index in [1.54, 1.807) is 0 Å². The summed E-state index contributed by atoms with van der Waals surface area (Å²) >= 11 is 0. The van der Waals surface area contributed by atoms with Crippen molar-refractivity contribution < 1.29 is 34.4 Å². The van der Waals surface area contributed by atoms with E-state index in [2.05, 4.69) is 17.6 Å². The highest BCUT2D eigenvalue weighted by Crippen LogP contribution is 2.22. The van der Waals surface area contributed by atoms with Gasteiger partial charge in [0.1, 0.15) is 24.4 Å². The average molecular weight is 419 g/mol. The maximum absolute atomic E-state index is 11.8. The number of carbonyl (C=O) groups is 2. The van der Waals surface area contributed by atoms with Crippen LogP contribution in [0.25, 0.3) is 0 Å². The van der Waals surface area contributed by atoms with E-state index in [9.17, 15) is 24.9 Å². The summed E-state index contributed by atoms with van der Waals surface area (Å²) in [7, 11) is 0. The molecule has 0 saturated carbocycles. The molecule has 0 spiro atoms. The first-order valence-corrected chi connectivity index (χ1v) is 10.7. The Hall–Kier alpha value is -1.26. The average Bonchev–Trinajstić information content (AvgIpc) is 2.69. The molecular formula is C20H38N2O7. The van der Waals surface area contributed by atoms with Crippen LogP contribution in [0.4, 0.5) is 0 Å². The van der Waals surface area contributed by atoms with Gasteiger partial charge in [0.2, 0.25) is 11.8 Å². The Balaban J connectivity index is 2.26. The van der Waals surface area contributed by atoms with Gasteiger partial charge in [-0.3, -0.25) is 9.59 Å². The van der Waals surface area contributed by atoms with E-state index in [0.29, 0.717) is 25.8 Å². The maximum Gasteiger partial charge on any atom is 0.219 e. The lowest BCUT2D eigenvalue weighted by Crippen LogP contribution is -2.64. The predicted molar refractivity (Wildman–Crippen MR) is 107 cm³/mol. The number of hydrogen-bond donors (Lipinski definition) is 5. The van der Waals surface area contributed by atoms with Gasteiger partial charge in [0.25, 0.3) is 0 Å². The van der Waals surface area contributed by atoms with E-state index in [1.165, 1.54) is 26.2 Å². The molecule has 0 bridgehead atoms. The standard InChI is InChI=1S/C20H38N2O7/c1-3-4-5-6-8-11-21-16(25)10-7-9-12-28-20-17(22-14(2)24)19(27)18(26)15(13-23)29-20/h15,17-20,23,26-27H,3-13H2,1-2H3,(H,21,25)(H,22,24)/t15-,17?,18?,19?,20?/m1/s1. The van der Waals surface area contributed by atoms with Crippen LogP contribution in [0.1, 0.15) is 65.2 Å². The van der Waals surface area contributed by atoms with Crippen molar-refractivity contribution in [2.75, 3.05) is 19.8 Å². The molecule has 1 saturated heterocycles. The van der Waals surface area contributed by atoms with Crippen LogP contribution in [0, 0.1) is 0 Å². The van der Waals surface area contributed by atoms with E-state index < -0.39 is 43.2 Å². The molecule has 9 heteroatoms. The van der Waals surface area contributed by atoms with Crippen LogP contribution < -0.4 is 10.6 Å². The van der Waals surface area contributed by atoms with Crippen molar-refractivity contribution in [2.24, 2.45) is 0 Å². The molecule has 1 aliphatic rings. The lowest BCUT2D eigenvalue weighted by Gasteiger charge is -2.42. The fourth-order valence-corrected chi connectivity index (χ4v) is 3.24. The summed E-state index contributed by atoms with van der Waals surface area (Å²) in [5, 5.41) is 34.9. The van der Waals surface area contributed by atoms with Crippen molar-refractivity contribution in [3.63, 3.8) is 0 Å². The number of ether oxygens (including phenoxy) is 2. The Labute approximate surface area is 173 Å². The Morgan fingerprint density at radius 1 is 1.03 bits per heavy atom. The lowest BCUT2D eigenvalue weighted by molar-refractivity contribution is -0.270. The molecule has 2 amide bonds. The van der Waals surface area contributed by atoms with Crippen molar-refractivity contribution in [1.82, 2.24) is 10.6 Å². The quantitative estimate of drug-likeness (QED) is 0.254. The summed E-state index contributed by atoms with van der Waals surface area (Å²) in [5.41, 5.74) is 0. The molecule has 0 aromatic heterocycles. The van der Waals surface area contributed by atoms with Crippen molar-refractivity contribution >= 4 is 11.8 Å². The van der Waals surface area contributed by atoms with Crippen LogP contribution >= 0.6 is 0 Å². The number of amides is 2. The first-order valence-electron chi connectivity index (χ1n) is 10.7. The molecule has 170 valence electrons. The van der Waals surface area contributed by atoms with Crippen LogP contribution in [0.15, 0.2) is 0 Å². The van der Waals surface area contributed by atoms with E-state index in [-0.39, 0.29) is 12.5 Å². The van der Waals surface area contributed by atoms with Gasteiger partial charge in [-0.05, 0) is 19.3 Å². The fourth-order valence-electron chi connectivity index (χ4n) is 3.24. The second-order valence-electron chi connectivity index (χ2n) is 7.53. The molecule has 0 aromatic carbocycles. The minimum absolute atomic E-state index is 0.0180. The third-order valence-corrected chi connectivity index (χ3v) is 4.93. The van der Waals surface area contributed by atoms with E-state index >= 15 is 0 Å². The number of aliphatic hydroxyl groups excluding tert-OH is 3. The molecule has 0 aromatic rings. The van der Waals surface area contributed by atoms with Gasteiger partial charge < -0.3 is 35.4 Å². The Bertz CT molecular complexity index is 478. The molecule has 0 radical (unpaired) electrons. The summed E-state index contributed by atoms with van der Waals surface area (Å²) < 4.78 is 11.1. The number of rotatable bonds is 14. The Kier molecular flexibility index (Phi) is 13.0. The molecule has 1 rings (SSSR count). The van der Waals surface area contributed by atoms with Gasteiger partial charge in [-0.1, -0.05) is 32.6 Å². The molecule has 5 N–H and O–H groups in total. The number of nitrogens with one attached hydrogen (secondary N) is 2. The highest BCUT2D eigenvalue weighted by Gasteiger charge is 2.45. The molecular weight excluding hydrogens is 380 g/mol. The van der Waals surface area contributed by atoms with Crippen LogP contribution in [-0.4, -0.2) is 77.5 Å². The highest BCUT2D eigenvalue weighted by atomic mass is 16.7. The predicted octanol–water partition coefficient (Wildman–Crippen LogP) is 0.204. The minimum atomic E-state index is -1.33. The third kappa shape index (κ3) is 9.86. The van der Waals surface area contributed by atoms with E-state index in [4.69, 9.17) is 9.47 Å². The van der Waals surface area contributed by atoms with Gasteiger partial charge in [0, 0.05) is 26.5 Å². The highest BCUT2D eigenvalue weighted by molar-refractivity contribution is 5.75. The zero-order valence-corrected chi connectivity index (χ0v) is 17.6. The van der Waals surface area contributed by atoms with Crippen LogP contribution in [-0.2, 0) is 19.1 Å². The van der Waals surface area contributed by atoms with Gasteiger partial charge in [-0.2, -0.15) is 0 Å².